The maximum Gasteiger partial charge on any atom is 0.237 e. The number of nitrogens with one attached hydrogen (secondary N) is 2. The molecule has 1 aliphatic carbocycles. The summed E-state index contributed by atoms with van der Waals surface area (Å²) in [5.41, 5.74) is 0.935. The molecule has 1 aromatic rings. The number of carbonyl (C=O) groups excluding carboxylic acids is 1. The van der Waals surface area contributed by atoms with Crippen molar-refractivity contribution in [3.8, 4) is 0 Å². The predicted molar refractivity (Wildman–Crippen MR) is 68.1 cm³/mol. The zero-order valence-corrected chi connectivity index (χ0v) is 10.5. The Bertz CT molecular complexity index is 494. The summed E-state index contributed by atoms with van der Waals surface area (Å²) in [4.78, 5) is 11.9. The molecule has 1 amide bonds. The van der Waals surface area contributed by atoms with E-state index in [0.717, 1.165) is 12.0 Å². The monoisotopic (exact) mass is 264 g/mol. The Morgan fingerprint density at radius 3 is 2.95 bits per heavy atom. The van der Waals surface area contributed by atoms with Gasteiger partial charge in [-0.2, -0.15) is 0 Å². The van der Waals surface area contributed by atoms with Gasteiger partial charge >= 0.3 is 0 Å². The third-order valence-corrected chi connectivity index (χ3v) is 3.82. The van der Waals surface area contributed by atoms with Gasteiger partial charge in [-0.15, -0.1) is 0 Å². The Morgan fingerprint density at radius 2 is 2.26 bits per heavy atom. The summed E-state index contributed by atoms with van der Waals surface area (Å²) < 4.78 is 13.1. The van der Waals surface area contributed by atoms with Gasteiger partial charge in [0, 0.05) is 18.5 Å². The molecule has 4 nitrogen and oxygen atoms in total. The molecule has 0 spiro atoms. The van der Waals surface area contributed by atoms with E-state index in [2.05, 4.69) is 10.6 Å². The predicted octanol–water partition coefficient (Wildman–Crippen LogP) is 0.521. The number of hydrogen-bond acceptors (Lipinski definition) is 3. The van der Waals surface area contributed by atoms with E-state index in [9.17, 15) is 14.3 Å². The molecule has 5 heteroatoms. The molecule has 19 heavy (non-hydrogen) atoms. The van der Waals surface area contributed by atoms with Crippen LogP contribution in [0.3, 0.4) is 0 Å². The Labute approximate surface area is 111 Å². The molecular weight excluding hydrogens is 247 g/mol. The first-order chi connectivity index (χ1) is 9.13. The first-order valence-electron chi connectivity index (χ1n) is 6.61. The zero-order chi connectivity index (χ0) is 13.4. The molecule has 4 atom stereocenters. The summed E-state index contributed by atoms with van der Waals surface area (Å²) in [6, 6.07) is 6.31. The number of carbonyl (C=O) groups is 1. The number of rotatable bonds is 3. The molecule has 1 saturated carbocycles. The Kier molecular flexibility index (Phi) is 3.24. The molecular formula is C14H17FN2O2. The minimum Gasteiger partial charge on any atom is -0.392 e. The molecule has 0 radical (unpaired) electrons. The van der Waals surface area contributed by atoms with E-state index in [-0.39, 0.29) is 29.7 Å². The number of hydrogen-bond donors (Lipinski definition) is 3. The Balaban J connectivity index is 1.54. The number of aliphatic hydroxyl groups excluding tert-OH is 1. The van der Waals surface area contributed by atoms with Gasteiger partial charge in [-0.25, -0.2) is 4.39 Å². The van der Waals surface area contributed by atoms with Gasteiger partial charge in [0.1, 0.15) is 5.82 Å². The summed E-state index contributed by atoms with van der Waals surface area (Å²) in [6.07, 6.45) is 0.877. The van der Waals surface area contributed by atoms with Gasteiger partial charge in [0.05, 0.1) is 12.1 Å². The maximum absolute atomic E-state index is 13.1. The largest absolute Gasteiger partial charge is 0.392 e. The number of halogens is 1. The first-order valence-corrected chi connectivity index (χ1v) is 6.61. The molecule has 1 heterocycles. The smallest absolute Gasteiger partial charge is 0.237 e. The van der Waals surface area contributed by atoms with E-state index in [4.69, 9.17) is 0 Å². The van der Waals surface area contributed by atoms with Gasteiger partial charge in [0.2, 0.25) is 5.91 Å². The number of β-amino-alcohol motifs (C(OH)–C–C–N with tert-alkyl or cyclic N) is 1. The van der Waals surface area contributed by atoms with Crippen LogP contribution in [-0.2, 0) is 4.79 Å². The lowest BCUT2D eigenvalue weighted by atomic mass is 10.1. The van der Waals surface area contributed by atoms with Crippen LogP contribution < -0.4 is 10.6 Å². The van der Waals surface area contributed by atoms with Crippen LogP contribution in [0.1, 0.15) is 24.3 Å². The van der Waals surface area contributed by atoms with E-state index in [1.165, 1.54) is 12.1 Å². The minimum absolute atomic E-state index is 0.0690. The van der Waals surface area contributed by atoms with Crippen LogP contribution in [0.25, 0.3) is 0 Å². The summed E-state index contributed by atoms with van der Waals surface area (Å²) in [5.74, 6) is -0.0958. The lowest BCUT2D eigenvalue weighted by molar-refractivity contribution is -0.123. The van der Waals surface area contributed by atoms with Crippen molar-refractivity contribution in [3.05, 3.63) is 35.6 Å². The van der Waals surface area contributed by atoms with E-state index in [1.807, 2.05) is 6.07 Å². The van der Waals surface area contributed by atoms with Crippen molar-refractivity contribution < 1.29 is 14.3 Å². The Morgan fingerprint density at radius 1 is 1.42 bits per heavy atom. The molecule has 1 aliphatic heterocycles. The van der Waals surface area contributed by atoms with Crippen molar-refractivity contribution in [2.45, 2.75) is 36.9 Å². The molecule has 1 saturated heterocycles. The summed E-state index contributed by atoms with van der Waals surface area (Å²) >= 11 is 0. The minimum atomic E-state index is -0.436. The van der Waals surface area contributed by atoms with Crippen molar-refractivity contribution in [1.82, 2.24) is 10.6 Å². The lowest BCUT2D eigenvalue weighted by Crippen LogP contribution is -2.41. The van der Waals surface area contributed by atoms with E-state index in [0.29, 0.717) is 13.0 Å². The van der Waals surface area contributed by atoms with Crippen LogP contribution in [0.2, 0.25) is 0 Å². The van der Waals surface area contributed by atoms with E-state index in [1.54, 1.807) is 6.07 Å². The average Bonchev–Trinajstić information content (AvgIpc) is 3.00. The first kappa shape index (κ1) is 12.6. The van der Waals surface area contributed by atoms with Gasteiger partial charge in [-0.1, -0.05) is 12.1 Å². The molecule has 3 rings (SSSR count). The molecule has 2 aliphatic rings. The third-order valence-electron chi connectivity index (χ3n) is 3.82. The topological polar surface area (TPSA) is 61.4 Å². The molecule has 3 N–H and O–H groups in total. The molecule has 2 fully saturated rings. The Hall–Kier alpha value is -1.46. The number of aliphatic hydroxyl groups is 1. The highest BCUT2D eigenvalue weighted by atomic mass is 19.1. The zero-order valence-electron chi connectivity index (χ0n) is 10.5. The van der Waals surface area contributed by atoms with Crippen molar-refractivity contribution in [2.24, 2.45) is 0 Å². The van der Waals surface area contributed by atoms with Crippen LogP contribution in [0, 0.1) is 5.82 Å². The van der Waals surface area contributed by atoms with Crippen LogP contribution in [0.15, 0.2) is 24.3 Å². The highest BCUT2D eigenvalue weighted by molar-refractivity contribution is 5.83. The van der Waals surface area contributed by atoms with Gasteiger partial charge in [-0.3, -0.25) is 4.79 Å². The fourth-order valence-electron chi connectivity index (χ4n) is 2.66. The maximum atomic E-state index is 13.1. The second kappa shape index (κ2) is 4.90. The average molecular weight is 264 g/mol. The van der Waals surface area contributed by atoms with Crippen LogP contribution >= 0.6 is 0 Å². The van der Waals surface area contributed by atoms with Crippen molar-refractivity contribution >= 4 is 5.91 Å². The fourth-order valence-corrected chi connectivity index (χ4v) is 2.66. The van der Waals surface area contributed by atoms with E-state index < -0.39 is 6.10 Å². The van der Waals surface area contributed by atoms with Crippen LogP contribution in [-0.4, -0.2) is 35.7 Å². The molecule has 4 unspecified atom stereocenters. The van der Waals surface area contributed by atoms with Crippen LogP contribution in [0.5, 0.6) is 0 Å². The third kappa shape index (κ3) is 2.77. The summed E-state index contributed by atoms with van der Waals surface area (Å²) in [7, 11) is 0. The van der Waals surface area contributed by atoms with Gasteiger partial charge in [0.25, 0.3) is 0 Å². The highest BCUT2D eigenvalue weighted by Crippen LogP contribution is 2.40. The number of benzene rings is 1. The lowest BCUT2D eigenvalue weighted by Gasteiger charge is -2.10. The van der Waals surface area contributed by atoms with Crippen LogP contribution in [0.4, 0.5) is 4.39 Å². The van der Waals surface area contributed by atoms with Crippen molar-refractivity contribution in [1.29, 1.82) is 0 Å². The molecule has 102 valence electrons. The quantitative estimate of drug-likeness (QED) is 0.746. The van der Waals surface area contributed by atoms with E-state index >= 15 is 0 Å². The standard InChI is InChI=1S/C14H17FN2O2/c15-9-3-1-2-8(4-9)11-6-12(11)17-14(19)13-5-10(18)7-16-13/h1-4,10-13,16,18H,5-7H2,(H,17,19). The van der Waals surface area contributed by atoms with Crippen molar-refractivity contribution in [3.63, 3.8) is 0 Å². The second-order valence-corrected chi connectivity index (χ2v) is 5.36. The highest BCUT2D eigenvalue weighted by Gasteiger charge is 2.41. The summed E-state index contributed by atoms with van der Waals surface area (Å²) in [5, 5.41) is 15.3. The second-order valence-electron chi connectivity index (χ2n) is 5.36. The SMILES string of the molecule is O=C(NC1CC1c1cccc(F)c1)C1CC(O)CN1. The summed E-state index contributed by atoms with van der Waals surface area (Å²) in [6.45, 7) is 0.468. The number of amides is 1. The van der Waals surface area contributed by atoms with Gasteiger partial charge in [0.15, 0.2) is 0 Å². The molecule has 0 aromatic heterocycles. The van der Waals surface area contributed by atoms with Gasteiger partial charge in [-0.05, 0) is 30.5 Å². The normalized spacial score (nSPS) is 33.2. The molecule has 1 aromatic carbocycles. The molecule has 0 bridgehead atoms. The van der Waals surface area contributed by atoms with Gasteiger partial charge < -0.3 is 15.7 Å². The fraction of sp³-hybridized carbons (Fsp3) is 0.500. The van der Waals surface area contributed by atoms with Crippen molar-refractivity contribution in [2.75, 3.05) is 6.54 Å².